The number of ether oxygens (including phenoxy) is 3. The molecule has 3 aromatic heterocycles. The molecule has 0 saturated carbocycles. The predicted molar refractivity (Wildman–Crippen MR) is 248 cm³/mol. The van der Waals surface area contributed by atoms with Crippen molar-refractivity contribution in [3.05, 3.63) is 23.8 Å². The third-order valence-corrected chi connectivity index (χ3v) is 11.8. The van der Waals surface area contributed by atoms with E-state index in [0.717, 1.165) is 25.7 Å². The lowest BCUT2D eigenvalue weighted by atomic mass is 9.97. The van der Waals surface area contributed by atoms with E-state index >= 15 is 0 Å². The average molecular weight is 960 g/mol. The first-order valence-electron chi connectivity index (χ1n) is 23.4. The van der Waals surface area contributed by atoms with Crippen LogP contribution in [-0.2, 0) is 23.8 Å². The molecule has 5 atom stereocenters. The van der Waals surface area contributed by atoms with Gasteiger partial charge in [-0.1, -0.05) is 50.5 Å². The van der Waals surface area contributed by atoms with Crippen LogP contribution in [0.5, 0.6) is 0 Å². The van der Waals surface area contributed by atoms with Gasteiger partial charge >= 0.3 is 0 Å². The highest BCUT2D eigenvalue weighted by Crippen LogP contribution is 2.27. The zero-order valence-electron chi connectivity index (χ0n) is 39.7. The molecule has 5 rings (SSSR count). The van der Waals surface area contributed by atoms with Crippen LogP contribution in [0.3, 0.4) is 0 Å². The molecule has 23 nitrogen and oxygen atoms in total. The van der Waals surface area contributed by atoms with Gasteiger partial charge in [0.25, 0.3) is 0 Å². The molecule has 2 fully saturated rings. The Morgan fingerprint density at radius 1 is 0.791 bits per heavy atom. The van der Waals surface area contributed by atoms with Crippen LogP contribution in [0.4, 0.5) is 17.8 Å². The Balaban J connectivity index is 0.00000980. The van der Waals surface area contributed by atoms with E-state index in [1.54, 1.807) is 15.6 Å². The molecule has 67 heavy (non-hydrogen) atoms. The predicted octanol–water partition coefficient (Wildman–Crippen LogP) is -2.85. The quantitative estimate of drug-likeness (QED) is 0.0362. The van der Waals surface area contributed by atoms with Gasteiger partial charge in [-0.15, -0.1) is 16.6 Å². The number of nitrogens with zero attached hydrogens (tertiary/aromatic N) is 13. The van der Waals surface area contributed by atoms with E-state index in [0.29, 0.717) is 140 Å². The van der Waals surface area contributed by atoms with Gasteiger partial charge in [-0.2, -0.15) is 15.0 Å². The fourth-order valence-corrected chi connectivity index (χ4v) is 7.80. The number of piperazine rings is 2. The minimum absolute atomic E-state index is 0. The maximum atomic E-state index is 14.2. The zero-order chi connectivity index (χ0) is 47.4. The van der Waals surface area contributed by atoms with Crippen LogP contribution in [0.2, 0.25) is 0 Å². The number of aromatic nitrogens is 9. The monoisotopic (exact) mass is 959 g/mol. The molecule has 0 radical (unpaired) electrons. The van der Waals surface area contributed by atoms with Crippen LogP contribution in [0.1, 0.15) is 95.4 Å². The lowest BCUT2D eigenvalue weighted by molar-refractivity contribution is -0.137. The van der Waals surface area contributed by atoms with Crippen molar-refractivity contribution in [3.63, 3.8) is 0 Å². The summed E-state index contributed by atoms with van der Waals surface area (Å²) in [5.74, 6) is 4.04. The van der Waals surface area contributed by atoms with Crippen molar-refractivity contribution in [3.8, 4) is 12.3 Å². The third-order valence-electron chi connectivity index (χ3n) is 11.8. The van der Waals surface area contributed by atoms with E-state index < -0.39 is 18.1 Å². The maximum Gasteiger partial charge on any atom is 0.247 e. The summed E-state index contributed by atoms with van der Waals surface area (Å²) in [6.45, 7) is 15.0. The summed E-state index contributed by atoms with van der Waals surface area (Å²) in [7, 11) is 0. The fourth-order valence-electron chi connectivity index (χ4n) is 7.80. The Morgan fingerprint density at radius 2 is 1.34 bits per heavy atom. The first kappa shape index (κ1) is 54.8. The van der Waals surface area contributed by atoms with Crippen molar-refractivity contribution in [2.24, 2.45) is 29.0 Å². The van der Waals surface area contributed by atoms with E-state index in [2.05, 4.69) is 55.5 Å². The number of aliphatic hydroxyl groups excluding tert-OH is 1. The molecule has 0 aliphatic carbocycles. The van der Waals surface area contributed by atoms with Crippen LogP contribution in [0.15, 0.2) is 12.4 Å². The lowest BCUT2D eigenvalue weighted by Crippen LogP contribution is -3.00. The standard InChI is InChI=1S/C43H73N17O6.ClH/c1-6-21-64-23-25-66-26-24-65-22-12-47-41-48-42(57-17-13-55(14-18-57)39(62)37(10-8-9-11-44)59-28-35(51-53-59)33(45)27-31(3)4)50-43(49-41)58-19-15-56(16-20-58)40(63)38(32(5)7-2)60-29-36(52-54-60)34(46)30-61;/h1,28-29,31-34,37-38,61H,7-27,30,44-46H2,2-5H3,(H,47,48,49,50);1H/p-1. The summed E-state index contributed by atoms with van der Waals surface area (Å²) < 4.78 is 19.8. The molecule has 2 aliphatic rings. The molecule has 3 aromatic rings. The number of aliphatic hydroxyl groups is 1. The number of nitrogens with one attached hydrogen (secondary N) is 1. The van der Waals surface area contributed by atoms with Crippen LogP contribution in [0.25, 0.3) is 0 Å². The van der Waals surface area contributed by atoms with Crippen molar-refractivity contribution in [2.75, 3.05) is 127 Å². The van der Waals surface area contributed by atoms with Crippen molar-refractivity contribution in [1.29, 1.82) is 0 Å². The molecule has 5 unspecified atom stereocenters. The van der Waals surface area contributed by atoms with Gasteiger partial charge in [0.05, 0.1) is 69.8 Å². The van der Waals surface area contributed by atoms with Gasteiger partial charge < -0.3 is 73.8 Å². The Hall–Kier alpha value is -4.80. The van der Waals surface area contributed by atoms with Crippen LogP contribution in [0, 0.1) is 24.2 Å². The number of rotatable bonds is 28. The van der Waals surface area contributed by atoms with E-state index in [-0.39, 0.29) is 49.4 Å². The molecule has 8 N–H and O–H groups in total. The van der Waals surface area contributed by atoms with Gasteiger partial charge in [0.15, 0.2) is 0 Å². The number of nitrogens with two attached hydrogens (primary N) is 3. The Bertz CT molecular complexity index is 1950. The summed E-state index contributed by atoms with van der Waals surface area (Å²) in [6.07, 6.45) is 12.3. The molecular formula is C43H73ClN17O6-. The number of carbonyl (C=O) groups is 2. The van der Waals surface area contributed by atoms with E-state index in [1.807, 2.05) is 29.8 Å². The smallest absolute Gasteiger partial charge is 0.247 e. The molecule has 374 valence electrons. The SMILES string of the molecule is C#CCOCCOCCOCCNc1nc(N2CCN(C(=O)C(CCCCN)n3cc(C(N)CC(C)C)nn3)CC2)nc(N2CCN(C(=O)C(C(C)CC)n3cc(C(N)CO)nn3)CC2)n1.[Cl-]. The number of hydrogen-bond donors (Lipinski definition) is 5. The highest BCUT2D eigenvalue weighted by Gasteiger charge is 2.35. The van der Waals surface area contributed by atoms with E-state index in [1.165, 1.54) is 0 Å². The number of unbranched alkanes of at least 4 members (excludes halogenated alkanes) is 1. The topological polar surface area (TPSA) is 285 Å². The molecule has 24 heteroatoms. The maximum absolute atomic E-state index is 14.2. The lowest BCUT2D eigenvalue weighted by Gasteiger charge is -2.38. The fraction of sp³-hybridized carbons (Fsp3) is 0.744. The van der Waals surface area contributed by atoms with Crippen LogP contribution in [-0.4, -0.2) is 183 Å². The molecule has 2 amide bonds. The largest absolute Gasteiger partial charge is 1.00 e. The molecule has 0 aromatic carbocycles. The van der Waals surface area contributed by atoms with Gasteiger partial charge in [-0.3, -0.25) is 9.59 Å². The number of amides is 2. The van der Waals surface area contributed by atoms with Gasteiger partial charge in [-0.25, -0.2) is 9.36 Å². The second-order valence-electron chi connectivity index (χ2n) is 17.2. The molecule has 2 aliphatic heterocycles. The molecule has 0 spiro atoms. The third kappa shape index (κ3) is 16.2. The number of carbonyl (C=O) groups excluding carboxylic acids is 2. The van der Waals surface area contributed by atoms with Gasteiger partial charge in [0.1, 0.15) is 24.4 Å². The van der Waals surface area contributed by atoms with Crippen LogP contribution >= 0.6 is 0 Å². The van der Waals surface area contributed by atoms with Gasteiger partial charge in [0.2, 0.25) is 29.7 Å². The molecule has 5 heterocycles. The highest BCUT2D eigenvalue weighted by molar-refractivity contribution is 5.81. The normalized spacial score (nSPS) is 16.6. The minimum atomic E-state index is -0.684. The minimum Gasteiger partial charge on any atom is -1.00 e. The zero-order valence-corrected chi connectivity index (χ0v) is 40.4. The number of anilines is 3. The molecule has 0 bridgehead atoms. The van der Waals surface area contributed by atoms with E-state index in [9.17, 15) is 14.7 Å². The number of hydrogen-bond acceptors (Lipinski definition) is 19. The summed E-state index contributed by atoms with van der Waals surface area (Å²) in [5, 5.41) is 30.0. The Morgan fingerprint density at radius 3 is 1.91 bits per heavy atom. The summed E-state index contributed by atoms with van der Waals surface area (Å²) in [5.41, 5.74) is 19.4. The Kier molecular flexibility index (Phi) is 23.3. The van der Waals surface area contributed by atoms with Crippen molar-refractivity contribution in [2.45, 2.75) is 84.0 Å². The van der Waals surface area contributed by atoms with Gasteiger partial charge in [0, 0.05) is 58.9 Å². The number of halogens is 1. The number of terminal acetylenes is 1. The summed E-state index contributed by atoms with van der Waals surface area (Å²) in [4.78, 5) is 50.8. The average Bonchev–Trinajstić information content (AvgIpc) is 4.03. The first-order chi connectivity index (χ1) is 32.0. The van der Waals surface area contributed by atoms with Crippen molar-refractivity contribution in [1.82, 2.24) is 54.7 Å². The molecular weight excluding hydrogens is 886 g/mol. The Labute approximate surface area is 400 Å². The summed E-state index contributed by atoms with van der Waals surface area (Å²) in [6, 6.07) is -2.05. The van der Waals surface area contributed by atoms with E-state index in [4.69, 9.17) is 52.8 Å². The highest BCUT2D eigenvalue weighted by atomic mass is 35.5. The summed E-state index contributed by atoms with van der Waals surface area (Å²) >= 11 is 0. The molecule has 2 saturated heterocycles. The van der Waals surface area contributed by atoms with Crippen molar-refractivity contribution < 1.29 is 41.3 Å². The van der Waals surface area contributed by atoms with Crippen LogP contribution < -0.4 is 44.7 Å². The van der Waals surface area contributed by atoms with Crippen molar-refractivity contribution >= 4 is 29.7 Å². The first-order valence-corrected chi connectivity index (χ1v) is 23.4. The second kappa shape index (κ2) is 28.5. The second-order valence-corrected chi connectivity index (χ2v) is 17.2. The van der Waals surface area contributed by atoms with Gasteiger partial charge in [-0.05, 0) is 44.1 Å².